The molecule has 16 heavy (non-hydrogen) atoms. The minimum Gasteiger partial charge on any atom is -0.319 e. The van der Waals surface area contributed by atoms with Crippen molar-refractivity contribution < 1.29 is 4.79 Å². The molecule has 0 fully saturated rings. The Morgan fingerprint density at radius 2 is 2.25 bits per heavy atom. The topological polar surface area (TPSA) is 29.1 Å². The van der Waals surface area contributed by atoms with Crippen molar-refractivity contribution in [3.8, 4) is 0 Å². The highest BCUT2D eigenvalue weighted by Crippen LogP contribution is 2.38. The summed E-state index contributed by atoms with van der Waals surface area (Å²) in [6.07, 6.45) is 5.15. The lowest BCUT2D eigenvalue weighted by atomic mass is 9.68. The predicted octanol–water partition coefficient (Wildman–Crippen LogP) is 2.07. The third-order valence-electron chi connectivity index (χ3n) is 3.68. The van der Waals surface area contributed by atoms with E-state index in [-0.39, 0.29) is 5.41 Å². The van der Waals surface area contributed by atoms with E-state index in [0.29, 0.717) is 6.42 Å². The van der Waals surface area contributed by atoms with Gasteiger partial charge in [0.05, 0.1) is 0 Å². The molecule has 2 rings (SSSR count). The van der Waals surface area contributed by atoms with Crippen LogP contribution in [0.4, 0.5) is 0 Å². The number of hydrogen-bond acceptors (Lipinski definition) is 2. The molecule has 1 unspecified atom stereocenters. The number of fused-ring (bicyclic) bond motifs is 1. The van der Waals surface area contributed by atoms with E-state index in [2.05, 4.69) is 29.6 Å². The number of benzene rings is 1. The highest BCUT2D eigenvalue weighted by molar-refractivity contribution is 5.55. The van der Waals surface area contributed by atoms with Gasteiger partial charge in [0, 0.05) is 18.4 Å². The van der Waals surface area contributed by atoms with Crippen molar-refractivity contribution in [1.82, 2.24) is 5.32 Å². The van der Waals surface area contributed by atoms with Crippen molar-refractivity contribution in [3.05, 3.63) is 35.4 Å². The van der Waals surface area contributed by atoms with Crippen molar-refractivity contribution in [2.45, 2.75) is 31.1 Å². The molecule has 0 saturated heterocycles. The number of rotatable bonds is 4. The SMILES string of the molecule is CNCC1(CC=O)CCCc2ccccc21. The summed E-state index contributed by atoms with van der Waals surface area (Å²) in [5.74, 6) is 0. The Morgan fingerprint density at radius 3 is 3.00 bits per heavy atom. The van der Waals surface area contributed by atoms with Gasteiger partial charge in [-0.3, -0.25) is 0 Å². The van der Waals surface area contributed by atoms with Crippen LogP contribution >= 0.6 is 0 Å². The van der Waals surface area contributed by atoms with Crippen LogP contribution in [0.1, 0.15) is 30.4 Å². The molecule has 0 aliphatic heterocycles. The van der Waals surface area contributed by atoms with Gasteiger partial charge in [-0.05, 0) is 37.4 Å². The quantitative estimate of drug-likeness (QED) is 0.782. The Bertz CT molecular complexity index is 375. The van der Waals surface area contributed by atoms with E-state index >= 15 is 0 Å². The Kier molecular flexibility index (Phi) is 3.39. The fraction of sp³-hybridized carbons (Fsp3) is 0.500. The molecule has 0 radical (unpaired) electrons. The summed E-state index contributed by atoms with van der Waals surface area (Å²) in [6.45, 7) is 0.892. The van der Waals surface area contributed by atoms with Crippen LogP contribution < -0.4 is 5.32 Å². The zero-order valence-corrected chi connectivity index (χ0v) is 9.83. The Labute approximate surface area is 97.1 Å². The first kappa shape index (κ1) is 11.3. The van der Waals surface area contributed by atoms with Crippen molar-refractivity contribution in [3.63, 3.8) is 0 Å². The molecular weight excluding hydrogens is 198 g/mol. The first-order valence-corrected chi connectivity index (χ1v) is 5.99. The lowest BCUT2D eigenvalue weighted by molar-refractivity contribution is -0.109. The molecule has 0 spiro atoms. The maximum atomic E-state index is 10.9. The van der Waals surface area contributed by atoms with Gasteiger partial charge < -0.3 is 10.1 Å². The third-order valence-corrected chi connectivity index (χ3v) is 3.68. The number of hydrogen-bond donors (Lipinski definition) is 1. The molecule has 1 aromatic carbocycles. The van der Waals surface area contributed by atoms with E-state index in [0.717, 1.165) is 25.7 Å². The summed E-state index contributed by atoms with van der Waals surface area (Å²) >= 11 is 0. The van der Waals surface area contributed by atoms with Crippen molar-refractivity contribution in [2.24, 2.45) is 0 Å². The molecule has 1 aliphatic carbocycles. The van der Waals surface area contributed by atoms with E-state index in [9.17, 15) is 4.79 Å². The first-order valence-electron chi connectivity index (χ1n) is 5.99. The van der Waals surface area contributed by atoms with Crippen LogP contribution in [0.2, 0.25) is 0 Å². The van der Waals surface area contributed by atoms with Gasteiger partial charge in [0.2, 0.25) is 0 Å². The largest absolute Gasteiger partial charge is 0.319 e. The van der Waals surface area contributed by atoms with Crippen LogP contribution in [0, 0.1) is 0 Å². The average molecular weight is 217 g/mol. The normalized spacial score (nSPS) is 23.8. The monoisotopic (exact) mass is 217 g/mol. The maximum absolute atomic E-state index is 10.9. The van der Waals surface area contributed by atoms with Crippen molar-refractivity contribution in [2.75, 3.05) is 13.6 Å². The van der Waals surface area contributed by atoms with Gasteiger partial charge in [-0.25, -0.2) is 0 Å². The summed E-state index contributed by atoms with van der Waals surface area (Å²) in [4.78, 5) is 10.9. The lowest BCUT2D eigenvalue weighted by Crippen LogP contribution is -2.40. The zero-order valence-electron chi connectivity index (χ0n) is 9.83. The minimum absolute atomic E-state index is 0.0331. The molecular formula is C14H19NO. The number of aldehydes is 1. The van der Waals surface area contributed by atoms with Gasteiger partial charge in [-0.1, -0.05) is 24.3 Å². The molecule has 86 valence electrons. The first-order chi connectivity index (χ1) is 7.82. The average Bonchev–Trinajstić information content (AvgIpc) is 2.30. The molecule has 1 atom stereocenters. The minimum atomic E-state index is 0.0331. The van der Waals surface area contributed by atoms with E-state index in [1.807, 2.05) is 7.05 Å². The number of nitrogens with one attached hydrogen (secondary N) is 1. The van der Waals surface area contributed by atoms with Gasteiger partial charge in [-0.15, -0.1) is 0 Å². The Hall–Kier alpha value is -1.15. The van der Waals surface area contributed by atoms with E-state index in [1.54, 1.807) is 0 Å². The molecule has 0 amide bonds. The fourth-order valence-corrected chi connectivity index (χ4v) is 2.97. The molecule has 0 heterocycles. The van der Waals surface area contributed by atoms with Crippen LogP contribution in [0.5, 0.6) is 0 Å². The highest BCUT2D eigenvalue weighted by Gasteiger charge is 2.35. The number of carbonyl (C=O) groups excluding carboxylic acids is 1. The maximum Gasteiger partial charge on any atom is 0.120 e. The smallest absolute Gasteiger partial charge is 0.120 e. The van der Waals surface area contributed by atoms with Gasteiger partial charge in [0.15, 0.2) is 0 Å². The van der Waals surface area contributed by atoms with Gasteiger partial charge >= 0.3 is 0 Å². The predicted molar refractivity (Wildman–Crippen MR) is 65.7 cm³/mol. The van der Waals surface area contributed by atoms with Crippen molar-refractivity contribution in [1.29, 1.82) is 0 Å². The third kappa shape index (κ3) is 1.90. The Balaban J connectivity index is 2.43. The van der Waals surface area contributed by atoms with Crippen LogP contribution in [-0.4, -0.2) is 19.9 Å². The molecule has 1 N–H and O–H groups in total. The summed E-state index contributed by atoms with van der Waals surface area (Å²) < 4.78 is 0. The summed E-state index contributed by atoms with van der Waals surface area (Å²) in [7, 11) is 1.96. The number of likely N-dealkylation sites (N-methyl/N-ethyl adjacent to an activating group) is 1. The molecule has 2 heteroatoms. The summed E-state index contributed by atoms with van der Waals surface area (Å²) in [5.41, 5.74) is 2.83. The summed E-state index contributed by atoms with van der Waals surface area (Å²) in [5, 5.41) is 3.25. The zero-order chi connectivity index (χ0) is 11.4. The van der Waals surface area contributed by atoms with E-state index in [1.165, 1.54) is 17.5 Å². The standard InChI is InChI=1S/C14H19NO/c1-15-11-14(9-10-16)8-4-6-12-5-2-3-7-13(12)14/h2-3,5,7,10,15H,4,6,8-9,11H2,1H3. The second-order valence-corrected chi connectivity index (χ2v) is 4.69. The number of aryl methyl sites for hydroxylation is 1. The Morgan fingerprint density at radius 1 is 1.44 bits per heavy atom. The molecule has 2 nitrogen and oxygen atoms in total. The molecule has 0 bridgehead atoms. The van der Waals surface area contributed by atoms with Gasteiger partial charge in [0.1, 0.15) is 6.29 Å². The number of carbonyl (C=O) groups is 1. The lowest BCUT2D eigenvalue weighted by Gasteiger charge is -2.38. The molecule has 1 aliphatic rings. The van der Waals surface area contributed by atoms with Crippen LogP contribution in [-0.2, 0) is 16.6 Å². The van der Waals surface area contributed by atoms with Gasteiger partial charge in [0.25, 0.3) is 0 Å². The molecule has 1 aromatic rings. The summed E-state index contributed by atoms with van der Waals surface area (Å²) in [6, 6.07) is 8.56. The molecule has 0 saturated carbocycles. The van der Waals surface area contributed by atoms with Crippen LogP contribution in [0.3, 0.4) is 0 Å². The van der Waals surface area contributed by atoms with Crippen LogP contribution in [0.15, 0.2) is 24.3 Å². The van der Waals surface area contributed by atoms with Gasteiger partial charge in [-0.2, -0.15) is 0 Å². The van der Waals surface area contributed by atoms with E-state index in [4.69, 9.17) is 0 Å². The molecule has 0 aromatic heterocycles. The van der Waals surface area contributed by atoms with E-state index < -0.39 is 0 Å². The second-order valence-electron chi connectivity index (χ2n) is 4.69. The van der Waals surface area contributed by atoms with Crippen LogP contribution in [0.25, 0.3) is 0 Å². The highest BCUT2D eigenvalue weighted by atomic mass is 16.1. The van der Waals surface area contributed by atoms with Crippen molar-refractivity contribution >= 4 is 6.29 Å². The second kappa shape index (κ2) is 4.79. The fourth-order valence-electron chi connectivity index (χ4n) is 2.97.